The Morgan fingerprint density at radius 2 is 1.71 bits per heavy atom. The van der Waals surface area contributed by atoms with Gasteiger partial charge < -0.3 is 20.3 Å². The molecule has 4 atom stereocenters. The van der Waals surface area contributed by atoms with Crippen LogP contribution in [0, 0.1) is 5.92 Å². The van der Waals surface area contributed by atoms with Crippen LogP contribution >= 0.6 is 0 Å². The molecule has 1 saturated carbocycles. The van der Waals surface area contributed by atoms with Crippen LogP contribution in [0.25, 0.3) is 0 Å². The molecule has 3 N–H and O–H groups in total. The number of hydrogen-bond acceptors (Lipinski definition) is 7. The molecule has 41 heavy (non-hydrogen) atoms. The summed E-state index contributed by atoms with van der Waals surface area (Å²) in [5, 5.41) is 5.09. The van der Waals surface area contributed by atoms with Gasteiger partial charge in [-0.05, 0) is 59.3 Å². The third kappa shape index (κ3) is 8.35. The fraction of sp³-hybridized carbons (Fsp3) is 0.769. The second-order valence-electron chi connectivity index (χ2n) is 11.8. The molecule has 4 amide bonds. The van der Waals surface area contributed by atoms with Crippen molar-refractivity contribution in [2.75, 3.05) is 6.54 Å². The third-order valence-corrected chi connectivity index (χ3v) is 8.42. The van der Waals surface area contributed by atoms with Crippen molar-refractivity contribution in [3.63, 3.8) is 0 Å². The molecule has 1 saturated heterocycles. The second kappa shape index (κ2) is 12.6. The van der Waals surface area contributed by atoms with E-state index < -0.39 is 68.5 Å². The number of alkyl carbamates (subject to hydrolysis) is 1. The van der Waals surface area contributed by atoms with Crippen LogP contribution in [-0.2, 0) is 29.1 Å². The molecule has 2 aliphatic heterocycles. The van der Waals surface area contributed by atoms with Gasteiger partial charge >= 0.3 is 21.6 Å². The minimum atomic E-state index is -6.00. The Kier molecular flexibility index (Phi) is 10.0. The Morgan fingerprint density at radius 3 is 2.37 bits per heavy atom. The van der Waals surface area contributed by atoms with Gasteiger partial charge in [-0.2, -0.15) is 21.6 Å². The summed E-state index contributed by atoms with van der Waals surface area (Å²) in [5.41, 5.74) is -8.43. The minimum Gasteiger partial charge on any atom is -0.444 e. The maximum Gasteiger partial charge on any atom is 0.516 e. The normalized spacial score (nSPS) is 29.3. The summed E-state index contributed by atoms with van der Waals surface area (Å²) in [5.74, 6) is -3.51. The highest BCUT2D eigenvalue weighted by Gasteiger charge is 2.62. The topological polar surface area (TPSA) is 151 Å². The van der Waals surface area contributed by atoms with Crippen molar-refractivity contribution in [1.29, 1.82) is 0 Å². The molecule has 2 fully saturated rings. The monoisotopic (exact) mass is 608 g/mol. The Morgan fingerprint density at radius 1 is 1.05 bits per heavy atom. The molecule has 11 nitrogen and oxygen atoms in total. The van der Waals surface area contributed by atoms with Crippen molar-refractivity contribution in [3.05, 3.63) is 12.2 Å². The van der Waals surface area contributed by atoms with Crippen molar-refractivity contribution in [3.8, 4) is 0 Å². The summed E-state index contributed by atoms with van der Waals surface area (Å²) in [6, 6.07) is -2.03. The highest BCUT2D eigenvalue weighted by atomic mass is 32.2. The standard InChI is InChI=1S/C26H39F3N4O7S/c1-24(2,3)40-23(37)30-18-13-10-8-6-4-5-7-9-12-17-16-25(17,22(36)32-41(38,39)26(27,28)29)31-20(34)19-14-11-15-33(19)21(18)35/h9,12,17-19H,4-8,10-11,13-16H2,1-3H3,(H,30,37)(H,31,34)(H,32,36)/b12-9-/t17-,18?,19-,25+/m0/s1. The SMILES string of the molecule is CC(C)(C)OC(=O)NC1CCCCCCC/C=C\[C@H]2C[C@@]2(C(=O)NS(=O)(=O)C(F)(F)F)NC(=O)[C@@H]2CCCN2C1=O. The molecule has 0 aromatic rings. The number of hydrogen-bond donors (Lipinski definition) is 3. The summed E-state index contributed by atoms with van der Waals surface area (Å²) >= 11 is 0. The van der Waals surface area contributed by atoms with E-state index in [2.05, 4.69) is 10.6 Å². The van der Waals surface area contributed by atoms with Gasteiger partial charge in [0.05, 0.1) is 0 Å². The van der Waals surface area contributed by atoms with Gasteiger partial charge in [-0.3, -0.25) is 14.4 Å². The van der Waals surface area contributed by atoms with Gasteiger partial charge in [0.1, 0.15) is 23.2 Å². The lowest BCUT2D eigenvalue weighted by atomic mass is 10.0. The van der Waals surface area contributed by atoms with Crippen LogP contribution in [-0.4, -0.2) is 72.4 Å². The number of sulfonamides is 1. The molecule has 0 radical (unpaired) electrons. The molecule has 0 aromatic carbocycles. The zero-order chi connectivity index (χ0) is 30.6. The largest absolute Gasteiger partial charge is 0.516 e. The van der Waals surface area contributed by atoms with E-state index in [1.165, 1.54) is 4.90 Å². The van der Waals surface area contributed by atoms with Gasteiger partial charge in [-0.1, -0.05) is 37.8 Å². The number of fused-ring (bicyclic) bond motifs is 2. The lowest BCUT2D eigenvalue weighted by Gasteiger charge is -2.30. The number of amides is 4. The minimum absolute atomic E-state index is 0.0993. The maximum absolute atomic E-state index is 13.6. The van der Waals surface area contributed by atoms with E-state index in [-0.39, 0.29) is 19.4 Å². The number of allylic oxidation sites excluding steroid dienone is 1. The van der Waals surface area contributed by atoms with Crippen molar-refractivity contribution in [2.24, 2.45) is 5.92 Å². The number of alkyl halides is 3. The summed E-state index contributed by atoms with van der Waals surface area (Å²) in [7, 11) is -6.00. The van der Waals surface area contributed by atoms with Crippen LogP contribution in [0.4, 0.5) is 18.0 Å². The van der Waals surface area contributed by atoms with Gasteiger partial charge in [0.25, 0.3) is 5.91 Å². The van der Waals surface area contributed by atoms with Crippen LogP contribution in [0.3, 0.4) is 0 Å². The second-order valence-corrected chi connectivity index (χ2v) is 13.5. The third-order valence-electron chi connectivity index (χ3n) is 7.36. The number of nitrogens with zero attached hydrogens (tertiary/aromatic N) is 1. The summed E-state index contributed by atoms with van der Waals surface area (Å²) in [4.78, 5) is 53.8. The first kappa shape index (κ1) is 32.7. The highest BCUT2D eigenvalue weighted by Crippen LogP contribution is 2.46. The Balaban J connectivity index is 1.86. The molecule has 1 aliphatic carbocycles. The van der Waals surface area contributed by atoms with Crippen molar-refractivity contribution in [1.82, 2.24) is 20.3 Å². The smallest absolute Gasteiger partial charge is 0.444 e. The summed E-state index contributed by atoms with van der Waals surface area (Å²) < 4.78 is 68.6. The molecule has 0 spiro atoms. The number of carbonyl (C=O) groups is 4. The van der Waals surface area contributed by atoms with Crippen LogP contribution < -0.4 is 15.4 Å². The fourth-order valence-corrected chi connectivity index (χ4v) is 5.71. The zero-order valence-electron chi connectivity index (χ0n) is 23.5. The number of ether oxygens (including phenoxy) is 1. The molecule has 3 rings (SSSR count). The lowest BCUT2D eigenvalue weighted by Crippen LogP contribution is -2.59. The van der Waals surface area contributed by atoms with E-state index in [1.54, 1.807) is 32.9 Å². The van der Waals surface area contributed by atoms with Crippen LogP contribution in [0.5, 0.6) is 0 Å². The van der Waals surface area contributed by atoms with Gasteiger partial charge in [0.2, 0.25) is 11.8 Å². The molecular weight excluding hydrogens is 569 g/mol. The average molecular weight is 609 g/mol. The quantitative estimate of drug-likeness (QED) is 0.417. The first-order chi connectivity index (χ1) is 19.0. The molecule has 0 bridgehead atoms. The van der Waals surface area contributed by atoms with Crippen LogP contribution in [0.1, 0.15) is 85.0 Å². The predicted molar refractivity (Wildman–Crippen MR) is 141 cm³/mol. The van der Waals surface area contributed by atoms with E-state index in [0.29, 0.717) is 25.7 Å². The van der Waals surface area contributed by atoms with Gasteiger partial charge in [-0.15, -0.1) is 0 Å². The van der Waals surface area contributed by atoms with Crippen LogP contribution in [0.15, 0.2) is 12.2 Å². The molecule has 232 valence electrons. The number of rotatable bonds is 3. The van der Waals surface area contributed by atoms with E-state index >= 15 is 0 Å². The Labute approximate surface area is 238 Å². The van der Waals surface area contributed by atoms with Crippen molar-refractivity contribution in [2.45, 2.75) is 114 Å². The summed E-state index contributed by atoms with van der Waals surface area (Å²) in [6.45, 7) is 5.24. The average Bonchev–Trinajstić information content (AvgIpc) is 3.29. The van der Waals surface area contributed by atoms with Gasteiger partial charge in [0, 0.05) is 12.5 Å². The number of nitrogens with one attached hydrogen (secondary N) is 3. The van der Waals surface area contributed by atoms with Gasteiger partial charge in [0.15, 0.2) is 0 Å². The van der Waals surface area contributed by atoms with E-state index in [1.807, 2.05) is 0 Å². The van der Waals surface area contributed by atoms with E-state index in [0.717, 1.165) is 30.4 Å². The Bertz CT molecular complexity index is 1150. The highest BCUT2D eigenvalue weighted by molar-refractivity contribution is 7.90. The zero-order valence-corrected chi connectivity index (χ0v) is 24.3. The molecule has 1 unspecified atom stereocenters. The van der Waals surface area contributed by atoms with E-state index in [9.17, 15) is 40.8 Å². The molecular formula is C26H39F3N4O7S. The fourth-order valence-electron chi connectivity index (χ4n) is 5.17. The van der Waals surface area contributed by atoms with Gasteiger partial charge in [-0.25, -0.2) is 9.52 Å². The number of halogens is 3. The molecule has 15 heteroatoms. The first-order valence-corrected chi connectivity index (χ1v) is 15.4. The number of carbonyl (C=O) groups excluding carboxylic acids is 4. The van der Waals surface area contributed by atoms with E-state index in [4.69, 9.17) is 4.74 Å². The van der Waals surface area contributed by atoms with Crippen molar-refractivity contribution >= 4 is 33.8 Å². The predicted octanol–water partition coefficient (Wildman–Crippen LogP) is 3.01. The maximum atomic E-state index is 13.6. The van der Waals surface area contributed by atoms with Crippen LogP contribution in [0.2, 0.25) is 0 Å². The molecule has 3 aliphatic rings. The first-order valence-electron chi connectivity index (χ1n) is 13.9. The van der Waals surface area contributed by atoms with Crippen molar-refractivity contribution < 1.29 is 45.5 Å². The lowest BCUT2D eigenvalue weighted by molar-refractivity contribution is -0.141. The molecule has 2 heterocycles. The Hall–Kier alpha value is -2.84. The molecule has 0 aromatic heterocycles. The summed E-state index contributed by atoms with van der Waals surface area (Å²) in [6.07, 6.45) is 8.09.